The predicted octanol–water partition coefficient (Wildman–Crippen LogP) is 2.76. The minimum absolute atomic E-state index is 0.0121. The summed E-state index contributed by atoms with van der Waals surface area (Å²) in [7, 11) is -4.73. The normalized spacial score (nSPS) is 12.7. The van der Waals surface area contributed by atoms with Crippen LogP contribution in [0.5, 0.6) is 5.75 Å². The van der Waals surface area contributed by atoms with Gasteiger partial charge in [0.1, 0.15) is 17.8 Å². The number of amides is 3. The molecule has 0 fully saturated rings. The summed E-state index contributed by atoms with van der Waals surface area (Å²) in [6.45, 7) is 6.37. The molecule has 5 N–H and O–H groups in total. The molecule has 0 aliphatic carbocycles. The molecule has 1 rings (SSSR count). The molecule has 0 aliphatic heterocycles. The van der Waals surface area contributed by atoms with Crippen LogP contribution in [0.3, 0.4) is 0 Å². The average Bonchev–Trinajstić information content (AvgIpc) is 2.84. The van der Waals surface area contributed by atoms with Gasteiger partial charge in [0.25, 0.3) is 0 Å². The topological polar surface area (TPSA) is 183 Å². The van der Waals surface area contributed by atoms with Crippen LogP contribution in [0.1, 0.15) is 77.7 Å². The van der Waals surface area contributed by atoms with Crippen LogP contribution in [0.15, 0.2) is 24.3 Å². The van der Waals surface area contributed by atoms with Crippen LogP contribution in [0.2, 0.25) is 0 Å². The molecule has 0 aliphatic rings. The minimum Gasteiger partial charge on any atom is -0.481 e. The van der Waals surface area contributed by atoms with Crippen molar-refractivity contribution in [1.82, 2.24) is 15.5 Å². The Kier molecular flexibility index (Phi) is 15.4. The van der Waals surface area contributed by atoms with Crippen LogP contribution in [0.25, 0.3) is 0 Å². The maximum Gasteiger partial charge on any atom is 0.524 e. The van der Waals surface area contributed by atoms with Crippen LogP contribution in [0.4, 0.5) is 0 Å². The SMILES string of the molecule is CCCCCN(CCCCC)C(=O)[C@H](CCC(=O)O)NC(=O)[C@H](Cc1ccc(OP(=O)(O)O)cc1)NC(C)=O. The molecular weight excluding hydrogens is 529 g/mol. The standard InChI is InChI=1S/C26H42N3O9P/c1-4-6-8-16-29(17-9-7-5-2)26(34)22(14-15-24(31)32)28-25(33)23(27-19(3)30)18-20-10-12-21(13-11-20)38-39(35,36)37/h10-13,22-23H,4-9,14-18H2,1-3H3,(H,27,30)(H,28,33)(H,31,32)(H2,35,36,37)/t22-,23-/m0/s1. The van der Waals surface area contributed by atoms with Crippen molar-refractivity contribution in [2.75, 3.05) is 13.1 Å². The molecule has 12 nitrogen and oxygen atoms in total. The second kappa shape index (κ2) is 17.6. The molecule has 0 heterocycles. The Morgan fingerprint density at radius 1 is 0.923 bits per heavy atom. The third-order valence-corrected chi connectivity index (χ3v) is 6.37. The highest BCUT2D eigenvalue weighted by molar-refractivity contribution is 7.46. The zero-order chi connectivity index (χ0) is 29.4. The first-order valence-electron chi connectivity index (χ1n) is 13.3. The van der Waals surface area contributed by atoms with Gasteiger partial charge in [0.05, 0.1) is 0 Å². The first kappa shape index (κ1) is 34.1. The van der Waals surface area contributed by atoms with Gasteiger partial charge in [-0.3, -0.25) is 29.0 Å². The van der Waals surface area contributed by atoms with E-state index in [-0.39, 0.29) is 30.9 Å². The molecule has 3 amide bonds. The zero-order valence-corrected chi connectivity index (χ0v) is 23.8. The number of rotatable bonds is 19. The first-order valence-corrected chi connectivity index (χ1v) is 14.8. The van der Waals surface area contributed by atoms with Crippen LogP contribution < -0.4 is 15.2 Å². The van der Waals surface area contributed by atoms with E-state index in [0.717, 1.165) is 38.5 Å². The van der Waals surface area contributed by atoms with Crippen LogP contribution in [0, 0.1) is 0 Å². The number of phosphoric ester groups is 1. The monoisotopic (exact) mass is 571 g/mol. The summed E-state index contributed by atoms with van der Waals surface area (Å²) in [6.07, 6.45) is 5.01. The molecule has 220 valence electrons. The van der Waals surface area contributed by atoms with Gasteiger partial charge in [-0.25, -0.2) is 4.57 Å². The number of carboxylic acids is 1. The maximum atomic E-state index is 13.5. The fourth-order valence-electron chi connectivity index (χ4n) is 3.97. The predicted molar refractivity (Wildman–Crippen MR) is 145 cm³/mol. The summed E-state index contributed by atoms with van der Waals surface area (Å²) in [5.74, 6) is -2.64. The van der Waals surface area contributed by atoms with E-state index >= 15 is 0 Å². The van der Waals surface area contributed by atoms with Gasteiger partial charge in [0, 0.05) is 32.9 Å². The molecular formula is C26H42N3O9P. The van der Waals surface area contributed by atoms with Crippen LogP contribution >= 0.6 is 7.82 Å². The van der Waals surface area contributed by atoms with Gasteiger partial charge in [0.15, 0.2) is 0 Å². The highest BCUT2D eigenvalue weighted by Gasteiger charge is 2.29. The highest BCUT2D eigenvalue weighted by atomic mass is 31.2. The van der Waals surface area contributed by atoms with Gasteiger partial charge in [-0.15, -0.1) is 0 Å². The van der Waals surface area contributed by atoms with Gasteiger partial charge in [-0.05, 0) is 37.0 Å². The van der Waals surface area contributed by atoms with Crippen molar-refractivity contribution in [3.8, 4) is 5.75 Å². The summed E-state index contributed by atoms with van der Waals surface area (Å²) < 4.78 is 15.5. The van der Waals surface area contributed by atoms with Crippen molar-refractivity contribution in [2.24, 2.45) is 0 Å². The Labute approximate surface area is 229 Å². The molecule has 0 saturated carbocycles. The fraction of sp³-hybridized carbons (Fsp3) is 0.615. The molecule has 1 aromatic rings. The molecule has 0 saturated heterocycles. The molecule has 13 heteroatoms. The number of unbranched alkanes of at least 4 members (excludes halogenated alkanes) is 4. The lowest BCUT2D eigenvalue weighted by molar-refractivity contribution is -0.140. The molecule has 0 bridgehead atoms. The fourth-order valence-corrected chi connectivity index (χ4v) is 4.37. The Balaban J connectivity index is 3.10. The number of nitrogens with zero attached hydrogens (tertiary/aromatic N) is 1. The highest BCUT2D eigenvalue weighted by Crippen LogP contribution is 2.37. The summed E-state index contributed by atoms with van der Waals surface area (Å²) in [4.78, 5) is 69.5. The summed E-state index contributed by atoms with van der Waals surface area (Å²) in [6, 6.07) is 3.46. The maximum absolute atomic E-state index is 13.5. The van der Waals surface area contributed by atoms with Crippen molar-refractivity contribution < 1.29 is 43.2 Å². The summed E-state index contributed by atoms with van der Waals surface area (Å²) in [5.41, 5.74) is 0.552. The Hall–Kier alpha value is -2.95. The van der Waals surface area contributed by atoms with E-state index in [1.807, 2.05) is 0 Å². The third-order valence-electron chi connectivity index (χ3n) is 5.92. The molecule has 0 aromatic heterocycles. The molecule has 39 heavy (non-hydrogen) atoms. The van der Waals surface area contributed by atoms with Gasteiger partial charge in [-0.2, -0.15) is 0 Å². The zero-order valence-electron chi connectivity index (χ0n) is 22.9. The van der Waals surface area contributed by atoms with Gasteiger partial charge >= 0.3 is 13.8 Å². The second-order valence-corrected chi connectivity index (χ2v) is 10.6. The molecule has 0 unspecified atom stereocenters. The van der Waals surface area contributed by atoms with E-state index in [4.69, 9.17) is 9.79 Å². The average molecular weight is 572 g/mol. The number of carbonyl (C=O) groups excluding carboxylic acids is 3. The largest absolute Gasteiger partial charge is 0.524 e. The Morgan fingerprint density at radius 2 is 1.49 bits per heavy atom. The Bertz CT molecular complexity index is 971. The van der Waals surface area contributed by atoms with Crippen LogP contribution in [-0.4, -0.2) is 68.7 Å². The quantitative estimate of drug-likeness (QED) is 0.123. The van der Waals surface area contributed by atoms with E-state index in [9.17, 15) is 28.8 Å². The third kappa shape index (κ3) is 14.7. The molecule has 1 aromatic carbocycles. The lowest BCUT2D eigenvalue weighted by Gasteiger charge is -2.29. The minimum atomic E-state index is -4.73. The van der Waals surface area contributed by atoms with Gasteiger partial charge in [-0.1, -0.05) is 51.7 Å². The summed E-state index contributed by atoms with van der Waals surface area (Å²) >= 11 is 0. The lowest BCUT2D eigenvalue weighted by Crippen LogP contribution is -2.55. The van der Waals surface area contributed by atoms with Crippen LogP contribution in [-0.2, 0) is 30.2 Å². The number of benzene rings is 1. The van der Waals surface area contributed by atoms with Crippen molar-refractivity contribution >= 4 is 31.5 Å². The molecule has 2 atom stereocenters. The number of phosphoric acid groups is 1. The molecule has 0 radical (unpaired) electrons. The van der Waals surface area contributed by atoms with Gasteiger partial charge in [0.2, 0.25) is 17.7 Å². The van der Waals surface area contributed by atoms with E-state index < -0.39 is 37.7 Å². The number of carboxylic acid groups (broad SMARTS) is 1. The van der Waals surface area contributed by atoms with E-state index in [0.29, 0.717) is 18.7 Å². The lowest BCUT2D eigenvalue weighted by atomic mass is 10.0. The first-order chi connectivity index (χ1) is 18.4. The number of nitrogens with one attached hydrogen (secondary N) is 2. The molecule has 0 spiro atoms. The van der Waals surface area contributed by atoms with Crippen molar-refractivity contribution in [3.63, 3.8) is 0 Å². The smallest absolute Gasteiger partial charge is 0.481 e. The van der Waals surface area contributed by atoms with Gasteiger partial charge < -0.3 is 25.2 Å². The number of hydrogen-bond donors (Lipinski definition) is 5. The van der Waals surface area contributed by atoms with Crippen molar-refractivity contribution in [1.29, 1.82) is 0 Å². The van der Waals surface area contributed by atoms with Crippen molar-refractivity contribution in [2.45, 2.75) is 90.6 Å². The van der Waals surface area contributed by atoms with E-state index in [1.165, 1.54) is 31.2 Å². The Morgan fingerprint density at radius 3 is 1.95 bits per heavy atom. The van der Waals surface area contributed by atoms with E-state index in [1.54, 1.807) is 4.90 Å². The second-order valence-electron chi connectivity index (χ2n) is 9.42. The van der Waals surface area contributed by atoms with E-state index in [2.05, 4.69) is 29.0 Å². The number of carbonyl (C=O) groups is 4. The van der Waals surface area contributed by atoms with Crippen molar-refractivity contribution in [3.05, 3.63) is 29.8 Å². The number of aliphatic carboxylic acids is 1. The number of hydrogen-bond acceptors (Lipinski definition) is 6. The summed E-state index contributed by atoms with van der Waals surface area (Å²) in [5, 5.41) is 14.4.